The lowest BCUT2D eigenvalue weighted by molar-refractivity contribution is 0.0502. The topological polar surface area (TPSA) is 95.1 Å². The summed E-state index contributed by atoms with van der Waals surface area (Å²) < 4.78 is 13.7. The highest BCUT2D eigenvalue weighted by atomic mass is 16.6. The van der Waals surface area contributed by atoms with Crippen LogP contribution in [0.2, 0.25) is 0 Å². The molecular formula is C39H37N5O3. The van der Waals surface area contributed by atoms with Crippen molar-refractivity contribution in [2.24, 2.45) is 0 Å². The van der Waals surface area contributed by atoms with E-state index in [4.69, 9.17) is 14.1 Å². The molecule has 7 rings (SSSR count). The van der Waals surface area contributed by atoms with Gasteiger partial charge in [-0.25, -0.2) is 9.78 Å². The average Bonchev–Trinajstić information content (AvgIpc) is 3.75. The van der Waals surface area contributed by atoms with Crippen LogP contribution in [0.3, 0.4) is 0 Å². The quantitative estimate of drug-likeness (QED) is 0.180. The van der Waals surface area contributed by atoms with E-state index < -0.39 is 17.2 Å². The average molecular weight is 624 g/mol. The molecule has 0 fully saturated rings. The smallest absolute Gasteiger partial charge is 0.407 e. The molecule has 236 valence electrons. The second-order valence-electron chi connectivity index (χ2n) is 12.9. The molecule has 8 heteroatoms. The summed E-state index contributed by atoms with van der Waals surface area (Å²) in [5.41, 5.74) is 5.57. The number of hydrogen-bond donors (Lipinski definition) is 1. The Morgan fingerprint density at radius 3 is 2.04 bits per heavy atom. The van der Waals surface area contributed by atoms with Crippen molar-refractivity contribution >= 4 is 22.7 Å². The van der Waals surface area contributed by atoms with Crippen LogP contribution in [-0.4, -0.2) is 37.5 Å². The Morgan fingerprint density at radius 2 is 1.49 bits per heavy atom. The van der Waals surface area contributed by atoms with E-state index in [1.807, 2.05) is 51.2 Å². The second kappa shape index (κ2) is 12.4. The lowest BCUT2D eigenvalue weighted by Gasteiger charge is -2.38. The van der Waals surface area contributed by atoms with Crippen LogP contribution in [0.25, 0.3) is 28.1 Å². The van der Waals surface area contributed by atoms with Crippen LogP contribution in [0.15, 0.2) is 126 Å². The van der Waals surface area contributed by atoms with Crippen molar-refractivity contribution < 1.29 is 13.9 Å². The number of nitrogens with one attached hydrogen (secondary N) is 1. The number of amides is 1. The van der Waals surface area contributed by atoms with E-state index in [1.54, 1.807) is 0 Å². The van der Waals surface area contributed by atoms with Crippen molar-refractivity contribution in [2.45, 2.75) is 57.2 Å². The van der Waals surface area contributed by atoms with Crippen molar-refractivity contribution in [2.75, 3.05) is 0 Å². The second-order valence-corrected chi connectivity index (χ2v) is 12.9. The largest absolute Gasteiger partial charge is 0.444 e. The first-order valence-electron chi connectivity index (χ1n) is 16.0. The zero-order valence-electron chi connectivity index (χ0n) is 26.8. The SMILES string of the molecule is CC(C)(C)OC(=O)N[C@H]1CCC=C(c2ccnc3c2c(-c2nnco2)cn3C(c2ccccc2)(c2ccccc2)c2ccccc2)C1. The fourth-order valence-electron chi connectivity index (χ4n) is 6.81. The van der Waals surface area contributed by atoms with Gasteiger partial charge in [0, 0.05) is 23.8 Å². The van der Waals surface area contributed by atoms with Crippen LogP contribution >= 0.6 is 0 Å². The first-order chi connectivity index (χ1) is 22.8. The van der Waals surface area contributed by atoms with Gasteiger partial charge in [0.05, 0.1) is 5.56 Å². The summed E-state index contributed by atoms with van der Waals surface area (Å²) in [7, 11) is 0. The molecule has 6 aromatic rings. The molecule has 0 saturated heterocycles. The number of aromatic nitrogens is 4. The Morgan fingerprint density at radius 1 is 0.872 bits per heavy atom. The standard InChI is InChI=1S/C39H37N5O3/c1-38(2,3)47-37(45)42-31-21-13-14-27(24-31)32-22-23-40-35-34(32)33(36-43-41-26-46-36)25-44(35)39(28-15-7-4-8-16-28,29-17-9-5-10-18-29)30-19-11-6-12-20-30/h4-12,14-20,22-23,25-26,31H,13,21,24H2,1-3H3,(H,42,45)/t31-/m0/s1. The molecule has 0 radical (unpaired) electrons. The number of rotatable bonds is 7. The molecule has 1 atom stereocenters. The zero-order valence-corrected chi connectivity index (χ0v) is 26.8. The van der Waals surface area contributed by atoms with Gasteiger partial charge < -0.3 is 19.0 Å². The Balaban J connectivity index is 1.46. The van der Waals surface area contributed by atoms with E-state index in [0.29, 0.717) is 12.3 Å². The highest BCUT2D eigenvalue weighted by molar-refractivity contribution is 6.01. The molecule has 0 saturated carbocycles. The van der Waals surface area contributed by atoms with Gasteiger partial charge in [-0.2, -0.15) is 0 Å². The van der Waals surface area contributed by atoms with Gasteiger partial charge in [0.1, 0.15) is 16.8 Å². The van der Waals surface area contributed by atoms with Gasteiger partial charge in [-0.3, -0.25) is 0 Å². The van der Waals surface area contributed by atoms with E-state index in [2.05, 4.69) is 105 Å². The van der Waals surface area contributed by atoms with Crippen LogP contribution in [0.5, 0.6) is 0 Å². The fraction of sp³-hybridized carbons (Fsp3) is 0.231. The molecule has 8 nitrogen and oxygen atoms in total. The summed E-state index contributed by atoms with van der Waals surface area (Å²) in [6.45, 7) is 5.61. The van der Waals surface area contributed by atoms with E-state index in [1.165, 1.54) is 6.39 Å². The molecule has 0 bridgehead atoms. The third-order valence-corrected chi connectivity index (χ3v) is 8.65. The number of hydrogen-bond acceptors (Lipinski definition) is 6. The van der Waals surface area contributed by atoms with Crippen molar-refractivity contribution in [3.05, 3.63) is 144 Å². The van der Waals surface area contributed by atoms with E-state index in [-0.39, 0.29) is 6.04 Å². The van der Waals surface area contributed by atoms with Crippen LogP contribution in [0.4, 0.5) is 4.79 Å². The monoisotopic (exact) mass is 623 g/mol. The van der Waals surface area contributed by atoms with Crippen LogP contribution < -0.4 is 5.32 Å². The number of pyridine rings is 1. The highest BCUT2D eigenvalue weighted by Crippen LogP contribution is 2.46. The Hall–Kier alpha value is -5.50. The Kier molecular flexibility index (Phi) is 7.93. The lowest BCUT2D eigenvalue weighted by Crippen LogP contribution is -2.39. The maximum absolute atomic E-state index is 12.7. The van der Waals surface area contributed by atoms with Gasteiger partial charge in [0.2, 0.25) is 12.3 Å². The van der Waals surface area contributed by atoms with Gasteiger partial charge in [-0.05, 0) is 73.9 Å². The van der Waals surface area contributed by atoms with Gasteiger partial charge >= 0.3 is 6.09 Å². The van der Waals surface area contributed by atoms with Gasteiger partial charge in [-0.15, -0.1) is 10.2 Å². The molecule has 47 heavy (non-hydrogen) atoms. The molecule has 1 aliphatic rings. The molecule has 0 unspecified atom stereocenters. The minimum absolute atomic E-state index is 0.0703. The first kappa shape index (κ1) is 30.2. The number of carbonyl (C=O) groups is 1. The van der Waals surface area contributed by atoms with Gasteiger partial charge in [0.15, 0.2) is 0 Å². The number of ether oxygens (including phenoxy) is 1. The predicted octanol–water partition coefficient (Wildman–Crippen LogP) is 8.39. The highest BCUT2D eigenvalue weighted by Gasteiger charge is 2.41. The lowest BCUT2D eigenvalue weighted by atomic mass is 9.76. The molecule has 3 heterocycles. The van der Waals surface area contributed by atoms with E-state index >= 15 is 0 Å². The Bertz CT molecular complexity index is 1920. The number of fused-ring (bicyclic) bond motifs is 1. The molecule has 1 aliphatic carbocycles. The summed E-state index contributed by atoms with van der Waals surface area (Å²) in [5.74, 6) is 0.408. The third-order valence-electron chi connectivity index (χ3n) is 8.65. The molecule has 0 aliphatic heterocycles. The molecule has 1 amide bonds. The minimum atomic E-state index is -0.798. The predicted molar refractivity (Wildman–Crippen MR) is 183 cm³/mol. The number of benzene rings is 3. The normalized spacial score (nSPS) is 15.3. The van der Waals surface area contributed by atoms with Crippen LogP contribution in [-0.2, 0) is 10.3 Å². The maximum Gasteiger partial charge on any atom is 0.407 e. The van der Waals surface area contributed by atoms with Crippen molar-refractivity contribution in [1.29, 1.82) is 0 Å². The summed E-state index contributed by atoms with van der Waals surface area (Å²) >= 11 is 0. The molecule has 1 N–H and O–H groups in total. The van der Waals surface area contributed by atoms with E-state index in [0.717, 1.165) is 57.3 Å². The van der Waals surface area contributed by atoms with Gasteiger partial charge in [-0.1, -0.05) is 97.1 Å². The summed E-state index contributed by atoms with van der Waals surface area (Å²) in [4.78, 5) is 17.8. The number of allylic oxidation sites excluding steroid dienone is 1. The first-order valence-corrected chi connectivity index (χ1v) is 16.0. The van der Waals surface area contributed by atoms with Crippen LogP contribution in [0, 0.1) is 0 Å². The maximum atomic E-state index is 12.7. The van der Waals surface area contributed by atoms with Crippen molar-refractivity contribution in [1.82, 2.24) is 25.1 Å². The van der Waals surface area contributed by atoms with Crippen LogP contribution in [0.1, 0.15) is 62.3 Å². The Labute approximate surface area is 274 Å². The van der Waals surface area contributed by atoms with Gasteiger partial charge in [0.25, 0.3) is 0 Å². The van der Waals surface area contributed by atoms with Crippen molar-refractivity contribution in [3.8, 4) is 11.5 Å². The summed E-state index contributed by atoms with van der Waals surface area (Å²) in [5, 5.41) is 12.4. The molecule has 3 aromatic carbocycles. The van der Waals surface area contributed by atoms with Crippen molar-refractivity contribution in [3.63, 3.8) is 0 Å². The van der Waals surface area contributed by atoms with E-state index in [9.17, 15) is 4.79 Å². The number of nitrogens with zero attached hydrogens (tertiary/aromatic N) is 4. The summed E-state index contributed by atoms with van der Waals surface area (Å²) in [6, 6.07) is 33.5. The summed E-state index contributed by atoms with van der Waals surface area (Å²) in [6.07, 6.45) is 9.47. The zero-order chi connectivity index (χ0) is 32.4. The number of alkyl carbamates (subject to hydrolysis) is 1. The number of carbonyl (C=O) groups excluding carboxylic acids is 1. The fourth-order valence-corrected chi connectivity index (χ4v) is 6.81. The third kappa shape index (κ3) is 5.71. The molecule has 0 spiro atoms. The molecule has 3 aromatic heterocycles. The minimum Gasteiger partial charge on any atom is -0.444 e. The molecular weight excluding hydrogens is 586 g/mol.